The minimum Gasteiger partial charge on any atom is -0.448 e. The summed E-state index contributed by atoms with van der Waals surface area (Å²) in [7, 11) is 0. The van der Waals surface area contributed by atoms with Gasteiger partial charge in [0.05, 0.1) is 0 Å². The zero-order chi connectivity index (χ0) is 27.6. The van der Waals surface area contributed by atoms with Gasteiger partial charge in [0, 0.05) is 49.2 Å². The van der Waals surface area contributed by atoms with Crippen LogP contribution >= 0.6 is 12.6 Å². The van der Waals surface area contributed by atoms with Gasteiger partial charge in [0.1, 0.15) is 12.2 Å². The molecule has 0 unspecified atom stereocenters. The third-order valence-corrected chi connectivity index (χ3v) is 7.25. The van der Waals surface area contributed by atoms with Gasteiger partial charge in [-0.05, 0) is 66.8 Å². The molecule has 0 radical (unpaired) electrons. The number of piperazine rings is 1. The molecule has 1 N–H and O–H groups in total. The quantitative estimate of drug-likeness (QED) is 0.364. The predicted octanol–water partition coefficient (Wildman–Crippen LogP) is 6.39. The van der Waals surface area contributed by atoms with E-state index in [9.17, 15) is 9.59 Å². The summed E-state index contributed by atoms with van der Waals surface area (Å²) in [4.78, 5) is 30.0. The maximum absolute atomic E-state index is 13.0. The van der Waals surface area contributed by atoms with Gasteiger partial charge in [-0.2, -0.15) is 0 Å². The number of thiol groups is 1. The highest BCUT2D eigenvalue weighted by Gasteiger charge is 2.30. The number of nitrogens with one attached hydrogen (secondary N) is 1. The minimum absolute atomic E-state index is 0.0552. The average Bonchev–Trinajstić information content (AvgIpc) is 3.20. The lowest BCUT2D eigenvalue weighted by molar-refractivity contribution is 0.0635. The highest BCUT2D eigenvalue weighted by molar-refractivity contribution is 7.80. The van der Waals surface area contributed by atoms with Crippen LogP contribution in [0.4, 0.5) is 15.3 Å². The number of carbonyl (C=O) groups excluding carboxylic acids is 2. The first-order valence-corrected chi connectivity index (χ1v) is 13.8. The first kappa shape index (κ1) is 27.1. The zero-order valence-electron chi connectivity index (χ0n) is 22.6. The Bertz CT molecular complexity index is 1320. The first-order valence-electron chi connectivity index (χ1n) is 13.3. The molecule has 0 atom stereocenters. The van der Waals surface area contributed by atoms with E-state index in [1.807, 2.05) is 57.2 Å². The van der Waals surface area contributed by atoms with Crippen molar-refractivity contribution in [2.24, 2.45) is 0 Å². The van der Waals surface area contributed by atoms with Crippen LogP contribution in [-0.2, 0) is 16.0 Å². The number of rotatable bonds is 5. The molecule has 1 aliphatic heterocycles. The van der Waals surface area contributed by atoms with Crippen molar-refractivity contribution in [1.29, 1.82) is 0 Å². The van der Waals surface area contributed by atoms with E-state index < -0.39 is 11.7 Å². The Hall–Kier alpha value is -3.49. The summed E-state index contributed by atoms with van der Waals surface area (Å²) < 4.78 is 11.2. The third-order valence-electron chi connectivity index (χ3n) is 7.00. The molecule has 7 nitrogen and oxygen atoms in total. The normalized spacial score (nSPS) is 15.4. The summed E-state index contributed by atoms with van der Waals surface area (Å²) in [6, 6.07) is 22.4. The van der Waals surface area contributed by atoms with Crippen molar-refractivity contribution in [3.63, 3.8) is 0 Å². The van der Waals surface area contributed by atoms with Crippen molar-refractivity contribution in [2.75, 3.05) is 38.1 Å². The Labute approximate surface area is 235 Å². The molecule has 1 saturated heterocycles. The summed E-state index contributed by atoms with van der Waals surface area (Å²) in [5.74, 6) is 0.0552. The van der Waals surface area contributed by atoms with E-state index in [0.29, 0.717) is 31.9 Å². The standard InChI is InChI=1S/C31H35N3O4S/c1-31(2,3)38-29(35)32-22-16-21(17-23(39)18-22)19-33-12-14-34(15-13-33)30(36)37-20-28-26-10-6-4-8-24(26)25-9-5-7-11-27(25)28/h4-11,16-18,28,39H,12-15,19-20H2,1-3H3,(H,32,35). The molecule has 0 saturated carbocycles. The highest BCUT2D eigenvalue weighted by Crippen LogP contribution is 2.44. The van der Waals surface area contributed by atoms with Crippen molar-refractivity contribution in [1.82, 2.24) is 9.80 Å². The number of fused-ring (bicyclic) bond motifs is 3. The largest absolute Gasteiger partial charge is 0.448 e. The zero-order valence-corrected chi connectivity index (χ0v) is 23.5. The van der Waals surface area contributed by atoms with Crippen LogP contribution in [0.3, 0.4) is 0 Å². The van der Waals surface area contributed by atoms with Crippen LogP contribution in [0.2, 0.25) is 0 Å². The summed E-state index contributed by atoms with van der Waals surface area (Å²) in [5, 5.41) is 2.79. The predicted molar refractivity (Wildman–Crippen MR) is 155 cm³/mol. The third kappa shape index (κ3) is 6.57. The Morgan fingerprint density at radius 2 is 1.54 bits per heavy atom. The van der Waals surface area contributed by atoms with E-state index in [4.69, 9.17) is 9.47 Å². The Balaban J connectivity index is 1.13. The molecule has 8 heteroatoms. The van der Waals surface area contributed by atoms with Gasteiger partial charge in [0.15, 0.2) is 0 Å². The molecule has 39 heavy (non-hydrogen) atoms. The number of hydrogen-bond acceptors (Lipinski definition) is 6. The lowest BCUT2D eigenvalue weighted by Gasteiger charge is -2.34. The number of nitrogens with zero attached hydrogens (tertiary/aromatic N) is 2. The van der Waals surface area contributed by atoms with Crippen molar-refractivity contribution in [2.45, 2.75) is 43.7 Å². The lowest BCUT2D eigenvalue weighted by atomic mass is 9.98. The molecule has 204 valence electrons. The molecular weight excluding hydrogens is 510 g/mol. The van der Waals surface area contributed by atoms with E-state index in [1.165, 1.54) is 22.3 Å². The van der Waals surface area contributed by atoms with Gasteiger partial charge in [-0.1, -0.05) is 48.5 Å². The van der Waals surface area contributed by atoms with E-state index >= 15 is 0 Å². The number of hydrogen-bond donors (Lipinski definition) is 2. The van der Waals surface area contributed by atoms with Crippen molar-refractivity contribution in [3.05, 3.63) is 83.4 Å². The molecule has 3 aromatic rings. The monoisotopic (exact) mass is 545 g/mol. The summed E-state index contributed by atoms with van der Waals surface area (Å²) in [6.45, 7) is 9.16. The van der Waals surface area contributed by atoms with Gasteiger partial charge in [-0.15, -0.1) is 12.6 Å². The molecule has 0 spiro atoms. The summed E-state index contributed by atoms with van der Waals surface area (Å²) >= 11 is 4.51. The fourth-order valence-corrected chi connectivity index (χ4v) is 5.60. The second kappa shape index (κ2) is 11.3. The fourth-order valence-electron chi connectivity index (χ4n) is 5.29. The molecule has 1 aliphatic carbocycles. The van der Waals surface area contributed by atoms with E-state index in [0.717, 1.165) is 23.5 Å². The van der Waals surface area contributed by atoms with Gasteiger partial charge < -0.3 is 14.4 Å². The van der Waals surface area contributed by atoms with Crippen molar-refractivity contribution >= 4 is 30.5 Å². The Kier molecular flexibility index (Phi) is 7.86. The molecule has 3 aromatic carbocycles. The van der Waals surface area contributed by atoms with Crippen LogP contribution in [0.5, 0.6) is 0 Å². The average molecular weight is 546 g/mol. The number of amides is 2. The summed E-state index contributed by atoms with van der Waals surface area (Å²) in [6.07, 6.45) is -0.762. The van der Waals surface area contributed by atoms with E-state index in [1.54, 1.807) is 11.0 Å². The number of anilines is 1. The van der Waals surface area contributed by atoms with Crippen LogP contribution in [0.25, 0.3) is 11.1 Å². The van der Waals surface area contributed by atoms with Crippen LogP contribution in [0, 0.1) is 0 Å². The smallest absolute Gasteiger partial charge is 0.412 e. The van der Waals surface area contributed by atoms with Gasteiger partial charge in [0.2, 0.25) is 0 Å². The van der Waals surface area contributed by atoms with Gasteiger partial charge in [0.25, 0.3) is 0 Å². The molecule has 0 bridgehead atoms. The topological polar surface area (TPSA) is 71.1 Å². The molecule has 1 fully saturated rings. The lowest BCUT2D eigenvalue weighted by Crippen LogP contribution is -2.48. The molecule has 2 amide bonds. The fraction of sp³-hybridized carbons (Fsp3) is 0.355. The minimum atomic E-state index is -0.571. The summed E-state index contributed by atoms with van der Waals surface area (Å²) in [5.41, 5.74) is 5.96. The first-order chi connectivity index (χ1) is 18.7. The Morgan fingerprint density at radius 3 is 2.15 bits per heavy atom. The number of benzene rings is 3. The maximum atomic E-state index is 13.0. The number of carbonyl (C=O) groups is 2. The van der Waals surface area contributed by atoms with Crippen LogP contribution in [-0.4, -0.2) is 60.4 Å². The van der Waals surface area contributed by atoms with Gasteiger partial charge in [-0.3, -0.25) is 10.2 Å². The molecule has 2 aliphatic rings. The van der Waals surface area contributed by atoms with E-state index in [2.05, 4.69) is 47.1 Å². The molecule has 5 rings (SSSR count). The van der Waals surface area contributed by atoms with Crippen LogP contribution < -0.4 is 5.32 Å². The van der Waals surface area contributed by atoms with Crippen LogP contribution in [0.1, 0.15) is 43.4 Å². The molecular formula is C31H35N3O4S. The van der Waals surface area contributed by atoms with Gasteiger partial charge >= 0.3 is 12.2 Å². The van der Waals surface area contributed by atoms with Crippen LogP contribution in [0.15, 0.2) is 71.6 Å². The maximum Gasteiger partial charge on any atom is 0.412 e. The van der Waals surface area contributed by atoms with Crippen molar-refractivity contribution in [3.8, 4) is 11.1 Å². The Morgan fingerprint density at radius 1 is 0.923 bits per heavy atom. The highest BCUT2D eigenvalue weighted by atomic mass is 32.1. The molecule has 0 aromatic heterocycles. The van der Waals surface area contributed by atoms with E-state index in [-0.39, 0.29) is 12.0 Å². The second-order valence-corrected chi connectivity index (χ2v) is 11.6. The number of ether oxygens (including phenoxy) is 2. The van der Waals surface area contributed by atoms with Crippen molar-refractivity contribution < 1.29 is 19.1 Å². The van der Waals surface area contributed by atoms with Gasteiger partial charge in [-0.25, -0.2) is 9.59 Å². The SMILES string of the molecule is CC(C)(C)OC(=O)Nc1cc(S)cc(CN2CCN(C(=O)OCC3c4ccccc4-c4ccccc43)CC2)c1. The second-order valence-electron chi connectivity index (χ2n) is 11.1. The molecule has 1 heterocycles.